The number of amides is 3. The van der Waals surface area contributed by atoms with Crippen LogP contribution in [0.15, 0.2) is 17.5 Å². The van der Waals surface area contributed by atoms with Gasteiger partial charge in [0.2, 0.25) is 17.7 Å². The summed E-state index contributed by atoms with van der Waals surface area (Å²) in [5.74, 6) is -5.18. The maximum absolute atomic E-state index is 13.0. The summed E-state index contributed by atoms with van der Waals surface area (Å²) in [5, 5.41) is 24.6. The average Bonchev–Trinajstić information content (AvgIpc) is 3.25. The van der Waals surface area contributed by atoms with Crippen LogP contribution >= 0.6 is 0 Å². The number of carbonyl (C=O) groups is 5. The number of nitrogens with two attached hydrogens (primary N) is 3. The lowest BCUT2D eigenvalue weighted by atomic mass is 10.1. The third kappa shape index (κ3) is 10.9. The van der Waals surface area contributed by atoms with Gasteiger partial charge in [0.15, 0.2) is 5.96 Å². The minimum atomic E-state index is -1.41. The fraction of sp³-hybridized carbons (Fsp3) is 0.500. The van der Waals surface area contributed by atoms with Crippen LogP contribution in [0.3, 0.4) is 0 Å². The van der Waals surface area contributed by atoms with Gasteiger partial charge in [0.25, 0.3) is 0 Å². The molecular formula is C18H29N9O7. The number of nitrogens with zero attached hydrogens (tertiary/aromatic N) is 2. The van der Waals surface area contributed by atoms with Crippen LogP contribution in [-0.4, -0.2) is 87.0 Å². The number of aromatic nitrogens is 2. The molecule has 1 aromatic heterocycles. The number of hydrogen-bond donors (Lipinski definition) is 9. The van der Waals surface area contributed by atoms with Gasteiger partial charge in [-0.3, -0.25) is 29.0 Å². The van der Waals surface area contributed by atoms with Crippen molar-refractivity contribution in [2.24, 2.45) is 22.2 Å². The molecule has 0 aliphatic heterocycles. The average molecular weight is 483 g/mol. The number of rotatable bonds is 15. The highest BCUT2D eigenvalue weighted by atomic mass is 16.4. The third-order valence-electron chi connectivity index (χ3n) is 4.34. The van der Waals surface area contributed by atoms with Gasteiger partial charge in [-0.1, -0.05) is 0 Å². The van der Waals surface area contributed by atoms with Crippen molar-refractivity contribution in [2.75, 3.05) is 13.1 Å². The van der Waals surface area contributed by atoms with Crippen LogP contribution in [0.5, 0.6) is 0 Å². The first-order chi connectivity index (χ1) is 16.0. The molecule has 0 aliphatic carbocycles. The second-order valence-corrected chi connectivity index (χ2v) is 7.17. The second kappa shape index (κ2) is 14.0. The van der Waals surface area contributed by atoms with Crippen LogP contribution in [0.1, 0.15) is 25.0 Å². The Balaban J connectivity index is 2.97. The minimum absolute atomic E-state index is 0.0528. The predicted molar refractivity (Wildman–Crippen MR) is 117 cm³/mol. The van der Waals surface area contributed by atoms with E-state index in [1.54, 1.807) is 0 Å². The number of imidazole rings is 1. The molecule has 16 heteroatoms. The number of carboxylic acid groups (broad SMARTS) is 2. The van der Waals surface area contributed by atoms with Crippen molar-refractivity contribution in [3.05, 3.63) is 18.2 Å². The van der Waals surface area contributed by atoms with Crippen molar-refractivity contribution in [3.63, 3.8) is 0 Å². The zero-order valence-electron chi connectivity index (χ0n) is 18.2. The number of aliphatic imine (C=N–C) groups is 1. The molecule has 0 spiro atoms. The number of carbonyl (C=O) groups excluding carboxylic acids is 3. The molecule has 16 nitrogen and oxygen atoms in total. The smallest absolute Gasteiger partial charge is 0.322 e. The molecule has 3 unspecified atom stereocenters. The fourth-order valence-corrected chi connectivity index (χ4v) is 2.72. The van der Waals surface area contributed by atoms with Gasteiger partial charge in [0.05, 0.1) is 18.8 Å². The van der Waals surface area contributed by atoms with Crippen LogP contribution < -0.4 is 33.2 Å². The van der Waals surface area contributed by atoms with E-state index in [2.05, 4.69) is 30.9 Å². The summed E-state index contributed by atoms with van der Waals surface area (Å²) in [4.78, 5) is 69.7. The molecule has 188 valence electrons. The SMILES string of the molecule is NC(N)=NCCCC(NC(=O)C(Cc1cnc[nH]1)NC(=O)C(N)CC(=O)O)C(=O)NCC(=O)O. The number of aliphatic carboxylic acids is 2. The predicted octanol–water partition coefficient (Wildman–Crippen LogP) is -4.02. The summed E-state index contributed by atoms with van der Waals surface area (Å²) < 4.78 is 0. The van der Waals surface area contributed by atoms with Crippen molar-refractivity contribution in [3.8, 4) is 0 Å². The number of guanidine groups is 1. The zero-order chi connectivity index (χ0) is 25.7. The molecule has 1 aromatic rings. The largest absolute Gasteiger partial charge is 0.481 e. The van der Waals surface area contributed by atoms with E-state index in [-0.39, 0.29) is 31.8 Å². The van der Waals surface area contributed by atoms with Crippen molar-refractivity contribution >= 4 is 35.6 Å². The maximum atomic E-state index is 13.0. The number of carboxylic acids is 2. The first-order valence-electron chi connectivity index (χ1n) is 10.1. The van der Waals surface area contributed by atoms with Gasteiger partial charge < -0.3 is 48.3 Å². The van der Waals surface area contributed by atoms with E-state index in [0.717, 1.165) is 0 Å². The van der Waals surface area contributed by atoms with Gasteiger partial charge in [-0.05, 0) is 12.8 Å². The summed E-state index contributed by atoms with van der Waals surface area (Å²) in [7, 11) is 0. The van der Waals surface area contributed by atoms with Crippen LogP contribution in [0.25, 0.3) is 0 Å². The minimum Gasteiger partial charge on any atom is -0.481 e. The first kappa shape index (κ1) is 27.8. The van der Waals surface area contributed by atoms with E-state index in [1.807, 2.05) is 0 Å². The van der Waals surface area contributed by atoms with E-state index >= 15 is 0 Å². The molecule has 3 atom stereocenters. The summed E-state index contributed by atoms with van der Waals surface area (Å²) in [6.45, 7) is -0.517. The standard InChI is InChI=1S/C18H29N9O7/c19-10(5-13(28)29)15(32)27-12(4-9-6-22-8-25-9)17(34)26-11(2-1-3-23-18(20)21)16(33)24-7-14(30)31/h6,8,10-12H,1-5,7,19H2,(H,22,25)(H,24,33)(H,26,34)(H,27,32)(H,28,29)(H,30,31)(H4,20,21,23). The molecule has 3 amide bonds. The lowest BCUT2D eigenvalue weighted by molar-refractivity contribution is -0.139. The highest BCUT2D eigenvalue weighted by Gasteiger charge is 2.29. The molecular weight excluding hydrogens is 454 g/mol. The van der Waals surface area contributed by atoms with Crippen molar-refractivity contribution < 1.29 is 34.2 Å². The van der Waals surface area contributed by atoms with Crippen LogP contribution in [0.2, 0.25) is 0 Å². The van der Waals surface area contributed by atoms with Gasteiger partial charge in [0, 0.05) is 24.9 Å². The molecule has 1 rings (SSSR count). The number of hydrogen-bond acceptors (Lipinski definition) is 8. The van der Waals surface area contributed by atoms with Gasteiger partial charge >= 0.3 is 11.9 Å². The van der Waals surface area contributed by atoms with E-state index in [4.69, 9.17) is 27.4 Å². The topological polar surface area (TPSA) is 281 Å². The van der Waals surface area contributed by atoms with E-state index < -0.39 is 60.8 Å². The monoisotopic (exact) mass is 483 g/mol. The molecule has 0 fully saturated rings. The van der Waals surface area contributed by atoms with E-state index in [1.165, 1.54) is 12.5 Å². The Kier molecular flexibility index (Phi) is 11.5. The lowest BCUT2D eigenvalue weighted by Gasteiger charge is -2.23. The highest BCUT2D eigenvalue weighted by Crippen LogP contribution is 2.04. The Labute approximate surface area is 193 Å². The molecule has 0 bridgehead atoms. The van der Waals surface area contributed by atoms with Crippen molar-refractivity contribution in [2.45, 2.75) is 43.8 Å². The summed E-state index contributed by atoms with van der Waals surface area (Å²) >= 11 is 0. The molecule has 0 radical (unpaired) electrons. The Hall–Kier alpha value is -4.21. The quantitative estimate of drug-likeness (QED) is 0.0657. The Morgan fingerprint density at radius 3 is 2.26 bits per heavy atom. The van der Waals surface area contributed by atoms with Crippen LogP contribution in [-0.2, 0) is 30.4 Å². The Morgan fingerprint density at radius 2 is 1.71 bits per heavy atom. The second-order valence-electron chi connectivity index (χ2n) is 7.17. The fourth-order valence-electron chi connectivity index (χ4n) is 2.72. The first-order valence-corrected chi connectivity index (χ1v) is 10.1. The van der Waals surface area contributed by atoms with Gasteiger partial charge in [-0.15, -0.1) is 0 Å². The molecule has 0 aromatic carbocycles. The highest BCUT2D eigenvalue weighted by molar-refractivity contribution is 5.94. The molecule has 0 aliphatic rings. The summed E-state index contributed by atoms with van der Waals surface area (Å²) in [5.41, 5.74) is 16.5. The van der Waals surface area contributed by atoms with Crippen LogP contribution in [0, 0.1) is 0 Å². The van der Waals surface area contributed by atoms with Gasteiger partial charge in [0.1, 0.15) is 18.6 Å². The molecule has 1 heterocycles. The summed E-state index contributed by atoms with van der Waals surface area (Å²) in [6, 6.07) is -3.83. The molecule has 12 N–H and O–H groups in total. The third-order valence-corrected chi connectivity index (χ3v) is 4.34. The summed E-state index contributed by atoms with van der Waals surface area (Å²) in [6.07, 6.45) is 2.36. The van der Waals surface area contributed by atoms with Gasteiger partial charge in [-0.25, -0.2) is 4.98 Å². The van der Waals surface area contributed by atoms with E-state index in [9.17, 15) is 24.0 Å². The lowest BCUT2D eigenvalue weighted by Crippen LogP contribution is -2.56. The Morgan fingerprint density at radius 1 is 1.03 bits per heavy atom. The van der Waals surface area contributed by atoms with E-state index in [0.29, 0.717) is 5.69 Å². The number of H-pyrrole nitrogens is 1. The normalized spacial score (nSPS) is 13.1. The molecule has 0 saturated carbocycles. The van der Waals surface area contributed by atoms with Gasteiger partial charge in [-0.2, -0.15) is 0 Å². The number of nitrogens with one attached hydrogen (secondary N) is 4. The Bertz CT molecular complexity index is 884. The molecule has 34 heavy (non-hydrogen) atoms. The van der Waals surface area contributed by atoms with Crippen molar-refractivity contribution in [1.29, 1.82) is 0 Å². The molecule has 0 saturated heterocycles. The number of aromatic amines is 1. The zero-order valence-corrected chi connectivity index (χ0v) is 18.2. The van der Waals surface area contributed by atoms with Crippen molar-refractivity contribution in [1.82, 2.24) is 25.9 Å². The maximum Gasteiger partial charge on any atom is 0.322 e. The van der Waals surface area contributed by atoms with Crippen LogP contribution in [0.4, 0.5) is 0 Å².